The highest BCUT2D eigenvalue weighted by atomic mass is 16.1. The number of amides is 1. The van der Waals surface area contributed by atoms with Crippen molar-refractivity contribution >= 4 is 23.1 Å². The summed E-state index contributed by atoms with van der Waals surface area (Å²) in [7, 11) is 0. The number of hydrogen-bond donors (Lipinski definition) is 2. The third-order valence-corrected chi connectivity index (χ3v) is 4.43. The first-order chi connectivity index (χ1) is 13.7. The summed E-state index contributed by atoms with van der Waals surface area (Å²) in [6.07, 6.45) is 7.80. The fraction of sp³-hybridized carbons (Fsp3) is 0.143. The van der Waals surface area contributed by atoms with Gasteiger partial charge in [-0.1, -0.05) is 25.1 Å². The molecule has 1 amide bonds. The van der Waals surface area contributed by atoms with Crippen LogP contribution in [0.15, 0.2) is 67.3 Å². The third kappa shape index (κ3) is 3.83. The van der Waals surface area contributed by atoms with Gasteiger partial charge in [-0.25, -0.2) is 9.50 Å². The molecular formula is C21H20N6O. The average Bonchev–Trinajstić information content (AvgIpc) is 3.17. The predicted molar refractivity (Wildman–Crippen MR) is 108 cm³/mol. The molecule has 0 aliphatic heterocycles. The lowest BCUT2D eigenvalue weighted by Crippen LogP contribution is -2.12. The summed E-state index contributed by atoms with van der Waals surface area (Å²) in [6.45, 7) is 2.69. The molecule has 0 unspecified atom stereocenters. The van der Waals surface area contributed by atoms with E-state index in [0.29, 0.717) is 23.6 Å². The Balaban J connectivity index is 1.52. The lowest BCUT2D eigenvalue weighted by atomic mass is 10.1. The lowest BCUT2D eigenvalue weighted by molar-refractivity contribution is 0.102. The molecule has 0 aliphatic rings. The minimum atomic E-state index is -0.240. The van der Waals surface area contributed by atoms with Crippen LogP contribution in [0.3, 0.4) is 0 Å². The molecule has 4 aromatic rings. The summed E-state index contributed by atoms with van der Waals surface area (Å²) in [5.41, 5.74) is 3.93. The van der Waals surface area contributed by atoms with E-state index in [4.69, 9.17) is 0 Å². The van der Waals surface area contributed by atoms with Gasteiger partial charge in [0, 0.05) is 30.8 Å². The monoisotopic (exact) mass is 372 g/mol. The van der Waals surface area contributed by atoms with Crippen LogP contribution in [0.2, 0.25) is 0 Å². The quantitative estimate of drug-likeness (QED) is 0.541. The first-order valence-electron chi connectivity index (χ1n) is 9.10. The summed E-state index contributed by atoms with van der Waals surface area (Å²) in [4.78, 5) is 21.3. The van der Waals surface area contributed by atoms with Gasteiger partial charge in [0.1, 0.15) is 11.4 Å². The zero-order chi connectivity index (χ0) is 19.3. The highest BCUT2D eigenvalue weighted by Crippen LogP contribution is 2.16. The zero-order valence-electron chi connectivity index (χ0n) is 15.5. The van der Waals surface area contributed by atoms with Crippen molar-refractivity contribution in [3.8, 4) is 0 Å². The van der Waals surface area contributed by atoms with Crippen molar-refractivity contribution in [1.29, 1.82) is 0 Å². The number of nitrogens with one attached hydrogen (secondary N) is 2. The second kappa shape index (κ2) is 7.87. The number of aromatic nitrogens is 4. The van der Waals surface area contributed by atoms with Crippen LogP contribution in [-0.2, 0) is 13.0 Å². The number of pyridine rings is 1. The molecule has 3 heterocycles. The van der Waals surface area contributed by atoms with Gasteiger partial charge in [0.25, 0.3) is 5.91 Å². The average molecular weight is 372 g/mol. The van der Waals surface area contributed by atoms with Gasteiger partial charge in [0.05, 0.1) is 6.20 Å². The Labute approximate surface area is 162 Å². The second-order valence-electron chi connectivity index (χ2n) is 6.36. The molecule has 4 rings (SSSR count). The van der Waals surface area contributed by atoms with Gasteiger partial charge < -0.3 is 10.6 Å². The Morgan fingerprint density at radius 2 is 1.93 bits per heavy atom. The van der Waals surface area contributed by atoms with Gasteiger partial charge in [-0.05, 0) is 41.8 Å². The van der Waals surface area contributed by atoms with E-state index >= 15 is 0 Å². The Morgan fingerprint density at radius 1 is 1.07 bits per heavy atom. The summed E-state index contributed by atoms with van der Waals surface area (Å²) >= 11 is 0. The van der Waals surface area contributed by atoms with E-state index in [1.165, 1.54) is 11.8 Å². The van der Waals surface area contributed by atoms with Gasteiger partial charge in [-0.3, -0.25) is 9.78 Å². The number of carbonyl (C=O) groups is 1. The summed E-state index contributed by atoms with van der Waals surface area (Å²) < 4.78 is 1.59. The SMILES string of the molecule is CCc1ccc(NC(=O)c2cnn3ccc(NCc4cccnc4)nc23)cc1. The standard InChI is InChI=1S/C21H20N6O/c1-2-15-5-7-17(8-6-15)25-21(28)18-14-24-27-11-9-19(26-20(18)27)23-13-16-4-3-10-22-12-16/h3-12,14H,2,13H2,1H3,(H,23,26)(H,25,28). The van der Waals surface area contributed by atoms with Gasteiger partial charge in [0.15, 0.2) is 5.65 Å². The molecule has 0 aliphatic carbocycles. The first-order valence-corrected chi connectivity index (χ1v) is 9.10. The Morgan fingerprint density at radius 3 is 2.68 bits per heavy atom. The van der Waals surface area contributed by atoms with Crippen LogP contribution in [0.25, 0.3) is 5.65 Å². The maximum absolute atomic E-state index is 12.7. The van der Waals surface area contributed by atoms with Gasteiger partial charge in [-0.2, -0.15) is 5.10 Å². The van der Waals surface area contributed by atoms with Crippen molar-refractivity contribution in [2.75, 3.05) is 10.6 Å². The van der Waals surface area contributed by atoms with Crippen LogP contribution in [0, 0.1) is 0 Å². The van der Waals surface area contributed by atoms with Crippen LogP contribution in [-0.4, -0.2) is 25.5 Å². The third-order valence-electron chi connectivity index (χ3n) is 4.43. The molecule has 1 aromatic carbocycles. The van der Waals surface area contributed by atoms with E-state index in [2.05, 4.69) is 32.6 Å². The number of rotatable bonds is 6. The molecular weight excluding hydrogens is 352 g/mol. The van der Waals surface area contributed by atoms with E-state index in [0.717, 1.165) is 17.7 Å². The Hall–Kier alpha value is -3.74. The number of hydrogen-bond acceptors (Lipinski definition) is 5. The number of anilines is 2. The summed E-state index contributed by atoms with van der Waals surface area (Å²) in [5, 5.41) is 10.4. The van der Waals surface area contributed by atoms with E-state index in [9.17, 15) is 4.79 Å². The largest absolute Gasteiger partial charge is 0.366 e. The molecule has 0 atom stereocenters. The van der Waals surface area contributed by atoms with Crippen molar-refractivity contribution in [3.05, 3.63) is 83.9 Å². The maximum atomic E-state index is 12.7. The van der Waals surface area contributed by atoms with Crippen LogP contribution in [0.1, 0.15) is 28.4 Å². The number of nitrogens with zero attached hydrogens (tertiary/aromatic N) is 4. The molecule has 28 heavy (non-hydrogen) atoms. The van der Waals surface area contributed by atoms with Crippen molar-refractivity contribution in [2.45, 2.75) is 19.9 Å². The van der Waals surface area contributed by atoms with Gasteiger partial charge in [-0.15, -0.1) is 0 Å². The van der Waals surface area contributed by atoms with E-state index in [1.807, 2.05) is 42.5 Å². The molecule has 2 N–H and O–H groups in total. The number of fused-ring (bicyclic) bond motifs is 1. The molecule has 7 heteroatoms. The van der Waals surface area contributed by atoms with Crippen LogP contribution < -0.4 is 10.6 Å². The minimum Gasteiger partial charge on any atom is -0.366 e. The molecule has 140 valence electrons. The summed E-state index contributed by atoms with van der Waals surface area (Å²) in [6, 6.07) is 13.5. The van der Waals surface area contributed by atoms with E-state index in [-0.39, 0.29) is 5.91 Å². The minimum absolute atomic E-state index is 0.240. The number of benzene rings is 1. The Kier molecular flexibility index (Phi) is 4.97. The molecule has 0 saturated carbocycles. The van der Waals surface area contributed by atoms with Gasteiger partial charge >= 0.3 is 0 Å². The van der Waals surface area contributed by atoms with Crippen LogP contribution in [0.5, 0.6) is 0 Å². The summed E-state index contributed by atoms with van der Waals surface area (Å²) in [5.74, 6) is 0.425. The predicted octanol–water partition coefficient (Wildman–Crippen LogP) is 3.55. The lowest BCUT2D eigenvalue weighted by Gasteiger charge is -2.07. The van der Waals surface area contributed by atoms with Crippen molar-refractivity contribution in [2.24, 2.45) is 0 Å². The zero-order valence-corrected chi connectivity index (χ0v) is 15.5. The van der Waals surface area contributed by atoms with Crippen molar-refractivity contribution < 1.29 is 4.79 Å². The van der Waals surface area contributed by atoms with E-state index < -0.39 is 0 Å². The molecule has 0 saturated heterocycles. The maximum Gasteiger partial charge on any atom is 0.261 e. The van der Waals surface area contributed by atoms with Crippen LogP contribution in [0.4, 0.5) is 11.5 Å². The second-order valence-corrected chi connectivity index (χ2v) is 6.36. The van der Waals surface area contributed by atoms with Gasteiger partial charge in [0.2, 0.25) is 0 Å². The first kappa shape index (κ1) is 17.7. The number of aryl methyl sites for hydroxylation is 1. The molecule has 0 spiro atoms. The fourth-order valence-corrected chi connectivity index (χ4v) is 2.85. The van der Waals surface area contributed by atoms with Crippen molar-refractivity contribution in [1.82, 2.24) is 19.6 Å². The smallest absolute Gasteiger partial charge is 0.261 e. The molecule has 0 bridgehead atoms. The molecule has 0 fully saturated rings. The normalized spacial score (nSPS) is 10.8. The molecule has 3 aromatic heterocycles. The highest BCUT2D eigenvalue weighted by molar-refractivity contribution is 6.08. The molecule has 7 nitrogen and oxygen atoms in total. The topological polar surface area (TPSA) is 84.2 Å². The highest BCUT2D eigenvalue weighted by Gasteiger charge is 2.15. The fourth-order valence-electron chi connectivity index (χ4n) is 2.85. The van der Waals surface area contributed by atoms with Crippen molar-refractivity contribution in [3.63, 3.8) is 0 Å². The number of carbonyl (C=O) groups excluding carboxylic acids is 1. The van der Waals surface area contributed by atoms with E-state index in [1.54, 1.807) is 23.1 Å². The Bertz CT molecular complexity index is 1090. The molecule has 0 radical (unpaired) electrons. The van der Waals surface area contributed by atoms with Crippen LogP contribution >= 0.6 is 0 Å².